The van der Waals surface area contributed by atoms with Gasteiger partial charge in [0.2, 0.25) is 0 Å². The Morgan fingerprint density at radius 3 is 2.64 bits per heavy atom. The molecule has 1 rings (SSSR count). The zero-order chi connectivity index (χ0) is 10.4. The Hall–Kier alpha value is -0.240. The van der Waals surface area contributed by atoms with Crippen LogP contribution in [0, 0.1) is 0 Å². The van der Waals surface area contributed by atoms with E-state index in [0.29, 0.717) is 5.02 Å². The van der Waals surface area contributed by atoms with Crippen molar-refractivity contribution in [3.8, 4) is 0 Å². The maximum atomic E-state index is 6.04. The van der Waals surface area contributed by atoms with Crippen molar-refractivity contribution in [2.24, 2.45) is 0 Å². The summed E-state index contributed by atoms with van der Waals surface area (Å²) in [5.41, 5.74) is 1.19. The number of halogens is 2. The molecular formula is C11H15Cl2N. The van der Waals surface area contributed by atoms with Gasteiger partial charge in [-0.15, -0.1) is 0 Å². The highest BCUT2D eigenvalue weighted by atomic mass is 35.5. The van der Waals surface area contributed by atoms with Gasteiger partial charge in [0.05, 0.1) is 0 Å². The molecule has 1 nitrogen and oxygen atoms in total. The van der Waals surface area contributed by atoms with E-state index >= 15 is 0 Å². The molecule has 0 aromatic heterocycles. The second-order valence-corrected chi connectivity index (χ2v) is 4.14. The number of benzene rings is 1. The molecule has 0 unspecified atom stereocenters. The SMILES string of the molecule is CNCCCCc1ccc(Cl)cc1Cl. The summed E-state index contributed by atoms with van der Waals surface area (Å²) in [6, 6.07) is 5.70. The topological polar surface area (TPSA) is 12.0 Å². The van der Waals surface area contributed by atoms with Gasteiger partial charge in [-0.25, -0.2) is 0 Å². The molecule has 0 heterocycles. The quantitative estimate of drug-likeness (QED) is 0.765. The van der Waals surface area contributed by atoms with E-state index in [9.17, 15) is 0 Å². The van der Waals surface area contributed by atoms with Gasteiger partial charge in [-0.3, -0.25) is 0 Å². The van der Waals surface area contributed by atoms with Crippen LogP contribution in [-0.2, 0) is 6.42 Å². The number of rotatable bonds is 5. The fourth-order valence-electron chi connectivity index (χ4n) is 1.34. The summed E-state index contributed by atoms with van der Waals surface area (Å²) in [4.78, 5) is 0. The lowest BCUT2D eigenvalue weighted by Crippen LogP contribution is -2.07. The molecule has 0 amide bonds. The summed E-state index contributed by atoms with van der Waals surface area (Å²) < 4.78 is 0. The molecule has 1 aromatic rings. The van der Waals surface area contributed by atoms with E-state index in [1.165, 1.54) is 12.0 Å². The van der Waals surface area contributed by atoms with Gasteiger partial charge >= 0.3 is 0 Å². The molecule has 0 fully saturated rings. The second-order valence-electron chi connectivity index (χ2n) is 3.30. The predicted molar refractivity (Wildman–Crippen MR) is 63.3 cm³/mol. The maximum absolute atomic E-state index is 6.04. The molecule has 0 aliphatic rings. The third-order valence-corrected chi connectivity index (χ3v) is 2.72. The number of nitrogens with one attached hydrogen (secondary N) is 1. The lowest BCUT2D eigenvalue weighted by atomic mass is 10.1. The second kappa shape index (κ2) is 6.28. The van der Waals surface area contributed by atoms with E-state index in [2.05, 4.69) is 5.32 Å². The molecule has 3 heteroatoms. The summed E-state index contributed by atoms with van der Waals surface area (Å²) in [6.07, 6.45) is 3.36. The highest BCUT2D eigenvalue weighted by Gasteiger charge is 2.00. The van der Waals surface area contributed by atoms with Crippen molar-refractivity contribution in [1.29, 1.82) is 0 Å². The van der Waals surface area contributed by atoms with Crippen LogP contribution in [-0.4, -0.2) is 13.6 Å². The molecule has 1 aromatic carbocycles. The zero-order valence-corrected chi connectivity index (χ0v) is 9.83. The van der Waals surface area contributed by atoms with Gasteiger partial charge in [0.1, 0.15) is 0 Å². The van der Waals surface area contributed by atoms with E-state index in [0.717, 1.165) is 24.4 Å². The van der Waals surface area contributed by atoms with Gasteiger partial charge < -0.3 is 5.32 Å². The molecule has 1 N–H and O–H groups in total. The fraction of sp³-hybridized carbons (Fsp3) is 0.455. The van der Waals surface area contributed by atoms with Crippen LogP contribution in [0.4, 0.5) is 0 Å². The third kappa shape index (κ3) is 3.87. The predicted octanol–water partition coefficient (Wildman–Crippen LogP) is 3.54. The highest BCUT2D eigenvalue weighted by molar-refractivity contribution is 6.35. The van der Waals surface area contributed by atoms with Crippen LogP contribution in [0.5, 0.6) is 0 Å². The molecule has 14 heavy (non-hydrogen) atoms. The van der Waals surface area contributed by atoms with Gasteiger partial charge in [0, 0.05) is 10.0 Å². The summed E-state index contributed by atoms with van der Waals surface area (Å²) in [6.45, 7) is 1.06. The molecule has 0 bridgehead atoms. The van der Waals surface area contributed by atoms with Crippen LogP contribution in [0.25, 0.3) is 0 Å². The summed E-state index contributed by atoms with van der Waals surface area (Å²) in [5, 5.41) is 4.61. The van der Waals surface area contributed by atoms with Crippen molar-refractivity contribution >= 4 is 23.2 Å². The van der Waals surface area contributed by atoms with Crippen molar-refractivity contribution < 1.29 is 0 Å². The van der Waals surface area contributed by atoms with Gasteiger partial charge in [-0.1, -0.05) is 29.3 Å². The van der Waals surface area contributed by atoms with Crippen LogP contribution in [0.2, 0.25) is 10.0 Å². The summed E-state index contributed by atoms with van der Waals surface area (Å²) >= 11 is 11.8. The smallest absolute Gasteiger partial charge is 0.0452 e. The minimum atomic E-state index is 0.703. The lowest BCUT2D eigenvalue weighted by molar-refractivity contribution is 0.677. The molecule has 0 saturated carbocycles. The minimum Gasteiger partial charge on any atom is -0.320 e. The van der Waals surface area contributed by atoms with Crippen LogP contribution in [0.15, 0.2) is 18.2 Å². The maximum Gasteiger partial charge on any atom is 0.0452 e. The summed E-state index contributed by atoms with van der Waals surface area (Å²) in [7, 11) is 1.97. The van der Waals surface area contributed by atoms with Gasteiger partial charge in [0.15, 0.2) is 0 Å². The van der Waals surface area contributed by atoms with Crippen molar-refractivity contribution in [1.82, 2.24) is 5.32 Å². The van der Waals surface area contributed by atoms with Crippen LogP contribution < -0.4 is 5.32 Å². The molecule has 0 aliphatic carbocycles. The molecule has 78 valence electrons. The Morgan fingerprint density at radius 2 is 2.00 bits per heavy atom. The first-order valence-electron chi connectivity index (χ1n) is 4.82. The largest absolute Gasteiger partial charge is 0.320 e. The normalized spacial score (nSPS) is 10.5. The first-order chi connectivity index (χ1) is 6.74. The highest BCUT2D eigenvalue weighted by Crippen LogP contribution is 2.22. The van der Waals surface area contributed by atoms with E-state index in [4.69, 9.17) is 23.2 Å². The standard InChI is InChI=1S/C11H15Cl2N/c1-14-7-3-2-4-9-5-6-10(12)8-11(9)13/h5-6,8,14H,2-4,7H2,1H3. The third-order valence-electron chi connectivity index (χ3n) is 2.14. The van der Waals surface area contributed by atoms with Crippen molar-refractivity contribution in [2.75, 3.05) is 13.6 Å². The van der Waals surface area contributed by atoms with Gasteiger partial charge in [-0.2, -0.15) is 0 Å². The number of aryl methyl sites for hydroxylation is 1. The Bertz CT molecular complexity index is 287. The van der Waals surface area contributed by atoms with Crippen molar-refractivity contribution in [3.63, 3.8) is 0 Å². The van der Waals surface area contributed by atoms with Crippen molar-refractivity contribution in [3.05, 3.63) is 33.8 Å². The fourth-order valence-corrected chi connectivity index (χ4v) is 1.84. The minimum absolute atomic E-state index is 0.703. The monoisotopic (exact) mass is 231 g/mol. The number of unbranched alkanes of at least 4 members (excludes halogenated alkanes) is 1. The Kier molecular flexibility index (Phi) is 5.31. The molecule has 0 radical (unpaired) electrons. The van der Waals surface area contributed by atoms with Gasteiger partial charge in [0.25, 0.3) is 0 Å². The first kappa shape index (κ1) is 11.8. The van der Waals surface area contributed by atoms with E-state index in [1.807, 2.05) is 19.2 Å². The average Bonchev–Trinajstić information content (AvgIpc) is 2.15. The van der Waals surface area contributed by atoms with E-state index in [1.54, 1.807) is 6.07 Å². The molecule has 0 spiro atoms. The van der Waals surface area contributed by atoms with E-state index in [-0.39, 0.29) is 0 Å². The molecule has 0 saturated heterocycles. The lowest BCUT2D eigenvalue weighted by Gasteiger charge is -2.04. The number of hydrogen-bond donors (Lipinski definition) is 1. The zero-order valence-electron chi connectivity index (χ0n) is 8.32. The van der Waals surface area contributed by atoms with Crippen LogP contribution in [0.1, 0.15) is 18.4 Å². The molecule has 0 atom stereocenters. The Labute approximate surface area is 95.4 Å². The Morgan fingerprint density at radius 1 is 1.21 bits per heavy atom. The average molecular weight is 232 g/mol. The Balaban J connectivity index is 2.42. The van der Waals surface area contributed by atoms with Crippen LogP contribution >= 0.6 is 23.2 Å². The van der Waals surface area contributed by atoms with E-state index < -0.39 is 0 Å². The molecule has 0 aliphatic heterocycles. The van der Waals surface area contributed by atoms with Crippen LogP contribution in [0.3, 0.4) is 0 Å². The first-order valence-corrected chi connectivity index (χ1v) is 5.58. The summed E-state index contributed by atoms with van der Waals surface area (Å²) in [5.74, 6) is 0. The van der Waals surface area contributed by atoms with Crippen molar-refractivity contribution in [2.45, 2.75) is 19.3 Å². The van der Waals surface area contributed by atoms with Gasteiger partial charge in [-0.05, 0) is 50.6 Å². The molecular weight excluding hydrogens is 217 g/mol. The number of hydrogen-bond acceptors (Lipinski definition) is 1.